The maximum atomic E-state index is 13.0. The predicted molar refractivity (Wildman–Crippen MR) is 142 cm³/mol. The molecule has 0 aliphatic heterocycles. The molecule has 10 nitrogen and oxygen atoms in total. The number of nitrogens with zero attached hydrogens (tertiary/aromatic N) is 1. The van der Waals surface area contributed by atoms with Crippen LogP contribution in [0.2, 0.25) is 0 Å². The Kier molecular flexibility index (Phi) is 11.3. The van der Waals surface area contributed by atoms with Crippen LogP contribution in [0.4, 0.5) is 10.5 Å². The van der Waals surface area contributed by atoms with Gasteiger partial charge in [0.2, 0.25) is 0 Å². The smallest absolute Gasteiger partial charge is 0.412 e. The van der Waals surface area contributed by atoms with Crippen molar-refractivity contribution in [3.05, 3.63) is 102 Å². The molecule has 10 heteroatoms. The Morgan fingerprint density at radius 1 is 1.00 bits per heavy atom. The van der Waals surface area contributed by atoms with Gasteiger partial charge in [-0.2, -0.15) is 5.26 Å². The summed E-state index contributed by atoms with van der Waals surface area (Å²) in [5, 5.41) is 29.5. The number of para-hydroxylation sites is 1. The molecule has 3 rings (SSSR count). The molecule has 2 amide bonds. The minimum Gasteiger partial charge on any atom is -0.491 e. The fourth-order valence-electron chi connectivity index (χ4n) is 3.63. The van der Waals surface area contributed by atoms with Gasteiger partial charge in [0.05, 0.1) is 18.2 Å². The molecule has 0 aliphatic rings. The Balaban J connectivity index is 1.90. The molecule has 0 bridgehead atoms. The van der Waals surface area contributed by atoms with Crippen molar-refractivity contribution >= 4 is 17.7 Å². The number of hydrogen-bond donors (Lipinski definition) is 4. The van der Waals surface area contributed by atoms with Gasteiger partial charge < -0.3 is 19.3 Å². The second kappa shape index (κ2) is 15.4. The molecule has 3 aromatic carbocycles. The van der Waals surface area contributed by atoms with Crippen LogP contribution in [-0.4, -0.2) is 41.6 Å². The molecule has 0 aromatic heterocycles. The summed E-state index contributed by atoms with van der Waals surface area (Å²) < 4.78 is 17.7. The first kappa shape index (κ1) is 28.7. The Morgan fingerprint density at radius 2 is 1.74 bits per heavy atom. The predicted octanol–water partition coefficient (Wildman–Crippen LogP) is 4.51. The first-order valence-electron chi connectivity index (χ1n) is 12.2. The first-order valence-corrected chi connectivity index (χ1v) is 12.2. The van der Waals surface area contributed by atoms with Crippen molar-refractivity contribution < 1.29 is 34.1 Å². The van der Waals surface area contributed by atoms with Crippen molar-refractivity contribution in [2.24, 2.45) is 0 Å². The van der Waals surface area contributed by atoms with Crippen LogP contribution in [0, 0.1) is 11.3 Å². The van der Waals surface area contributed by atoms with Gasteiger partial charge in [0, 0.05) is 11.8 Å². The highest BCUT2D eigenvalue weighted by atomic mass is 16.6. The minimum atomic E-state index is -0.915. The number of hydroxylamine groups is 1. The van der Waals surface area contributed by atoms with E-state index in [1.165, 1.54) is 11.6 Å². The fourth-order valence-corrected chi connectivity index (χ4v) is 3.63. The Bertz CT molecular complexity index is 1270. The van der Waals surface area contributed by atoms with Crippen LogP contribution in [0.15, 0.2) is 91.0 Å². The van der Waals surface area contributed by atoms with Gasteiger partial charge in [0.1, 0.15) is 24.2 Å². The third-order valence-electron chi connectivity index (χ3n) is 5.41. The maximum Gasteiger partial charge on any atom is 0.412 e. The van der Waals surface area contributed by atoms with Gasteiger partial charge in [-0.15, -0.1) is 0 Å². The van der Waals surface area contributed by atoms with Crippen LogP contribution in [0.1, 0.15) is 30.1 Å². The van der Waals surface area contributed by atoms with E-state index in [0.29, 0.717) is 41.2 Å². The zero-order valence-corrected chi connectivity index (χ0v) is 21.0. The van der Waals surface area contributed by atoms with Crippen LogP contribution in [0.25, 0.3) is 0 Å². The number of anilines is 1. The molecule has 0 spiro atoms. The van der Waals surface area contributed by atoms with Gasteiger partial charge in [0.25, 0.3) is 5.91 Å². The number of aliphatic hydroxyl groups excluding tert-OH is 1. The molecule has 39 heavy (non-hydrogen) atoms. The summed E-state index contributed by atoms with van der Waals surface area (Å²) in [5.74, 6) is 0.354. The lowest BCUT2D eigenvalue weighted by molar-refractivity contribution is -0.124. The highest BCUT2D eigenvalue weighted by molar-refractivity contribution is 5.86. The lowest BCUT2D eigenvalue weighted by Gasteiger charge is -2.28. The second-order valence-corrected chi connectivity index (χ2v) is 8.21. The van der Waals surface area contributed by atoms with Crippen molar-refractivity contribution in [2.75, 3.05) is 18.5 Å². The first-order chi connectivity index (χ1) is 19.0. The summed E-state index contributed by atoms with van der Waals surface area (Å²) >= 11 is 0. The lowest BCUT2D eigenvalue weighted by Crippen LogP contribution is -2.31. The molecular formula is C29H29N3O7. The minimum absolute atomic E-state index is 0.0931. The van der Waals surface area contributed by atoms with E-state index in [2.05, 4.69) is 5.32 Å². The van der Waals surface area contributed by atoms with Crippen molar-refractivity contribution in [1.82, 2.24) is 5.48 Å². The van der Waals surface area contributed by atoms with Gasteiger partial charge in [-0.05, 0) is 66.9 Å². The number of allylic oxidation sites excluding steroid dienone is 1. The number of carbonyl (C=O) groups excluding carboxylic acids is 2. The number of nitriles is 1. The molecule has 202 valence electrons. The summed E-state index contributed by atoms with van der Waals surface area (Å²) in [6.45, 7) is -0.0690. The summed E-state index contributed by atoms with van der Waals surface area (Å²) in [5.41, 5.74) is 3.01. The normalized spacial score (nSPS) is 12.1. The zero-order valence-electron chi connectivity index (χ0n) is 21.0. The van der Waals surface area contributed by atoms with Crippen molar-refractivity contribution in [2.45, 2.75) is 25.0 Å². The number of aliphatic hydroxyl groups is 1. The largest absolute Gasteiger partial charge is 0.491 e. The van der Waals surface area contributed by atoms with Gasteiger partial charge >= 0.3 is 6.09 Å². The van der Waals surface area contributed by atoms with Crippen molar-refractivity contribution in [3.8, 4) is 17.6 Å². The summed E-state index contributed by atoms with van der Waals surface area (Å²) in [6.07, 6.45) is 1.10. The van der Waals surface area contributed by atoms with Gasteiger partial charge in [-0.3, -0.25) is 15.3 Å². The molecule has 0 radical (unpaired) electrons. The third kappa shape index (κ3) is 9.51. The number of rotatable bonds is 13. The monoisotopic (exact) mass is 531 g/mol. The lowest BCUT2D eigenvalue weighted by atomic mass is 9.99. The van der Waals surface area contributed by atoms with Gasteiger partial charge in [0.15, 0.2) is 6.10 Å². The van der Waals surface area contributed by atoms with Crippen LogP contribution in [0.3, 0.4) is 0 Å². The van der Waals surface area contributed by atoms with E-state index >= 15 is 0 Å². The highest BCUT2D eigenvalue weighted by Gasteiger charge is 2.29. The van der Waals surface area contributed by atoms with Crippen molar-refractivity contribution in [1.29, 1.82) is 5.26 Å². The number of hydrogen-bond acceptors (Lipinski definition) is 8. The summed E-state index contributed by atoms with van der Waals surface area (Å²) in [7, 11) is 0. The molecule has 0 fully saturated rings. The van der Waals surface area contributed by atoms with E-state index in [1.807, 2.05) is 24.3 Å². The second-order valence-electron chi connectivity index (χ2n) is 8.21. The van der Waals surface area contributed by atoms with Crippen LogP contribution < -0.4 is 20.3 Å². The molecule has 0 saturated carbocycles. The highest BCUT2D eigenvalue weighted by Crippen LogP contribution is 2.31. The third-order valence-corrected chi connectivity index (χ3v) is 5.41. The van der Waals surface area contributed by atoms with E-state index in [9.17, 15) is 9.59 Å². The molecule has 0 heterocycles. The standard InChI is InChI=1S/C29H29N3O7/c30-20-21-13-15-23(16-14-21)31-29(35)39-28(22-7-6-10-25(19-22)37-18-17-33)26(11-4-5-12-27(34)32-36)38-24-8-2-1-3-9-24/h1-3,5-10,12-16,19,26,28,33,36H,4,11,17-18H2,(H,31,35)(H,32,34)/b12-5+/t26-,28-/m1/s1. The Hall–Kier alpha value is -4.85. The molecular weight excluding hydrogens is 502 g/mol. The average Bonchev–Trinajstić information content (AvgIpc) is 2.97. The Morgan fingerprint density at radius 3 is 2.44 bits per heavy atom. The van der Waals surface area contributed by atoms with Crippen LogP contribution in [-0.2, 0) is 9.53 Å². The number of nitrogens with one attached hydrogen (secondary N) is 2. The molecule has 3 aromatic rings. The van der Waals surface area contributed by atoms with E-state index < -0.39 is 24.2 Å². The van der Waals surface area contributed by atoms with Crippen LogP contribution in [0.5, 0.6) is 11.5 Å². The number of carbonyl (C=O) groups is 2. The van der Waals surface area contributed by atoms with Crippen LogP contribution >= 0.6 is 0 Å². The van der Waals surface area contributed by atoms with E-state index in [1.54, 1.807) is 66.7 Å². The molecule has 0 saturated heterocycles. The zero-order chi connectivity index (χ0) is 27.9. The number of amides is 2. The number of ether oxygens (including phenoxy) is 3. The van der Waals surface area contributed by atoms with E-state index in [-0.39, 0.29) is 13.2 Å². The molecule has 0 unspecified atom stereocenters. The number of benzene rings is 3. The summed E-state index contributed by atoms with van der Waals surface area (Å²) in [6, 6.07) is 24.3. The van der Waals surface area contributed by atoms with Crippen molar-refractivity contribution in [3.63, 3.8) is 0 Å². The molecule has 0 aliphatic carbocycles. The SMILES string of the molecule is N#Cc1ccc(NC(=O)O[C@H](c2cccc(OCCO)c2)[C@@H](CC/C=C/C(=O)NO)Oc2ccccc2)cc1. The Labute approximate surface area is 226 Å². The quantitative estimate of drug-likeness (QED) is 0.143. The summed E-state index contributed by atoms with van der Waals surface area (Å²) in [4.78, 5) is 24.4. The van der Waals surface area contributed by atoms with E-state index in [0.717, 1.165) is 0 Å². The maximum absolute atomic E-state index is 13.0. The molecule has 4 N–H and O–H groups in total. The van der Waals surface area contributed by atoms with Gasteiger partial charge in [-0.1, -0.05) is 36.4 Å². The average molecular weight is 532 g/mol. The van der Waals surface area contributed by atoms with Gasteiger partial charge in [-0.25, -0.2) is 10.3 Å². The molecule has 2 atom stereocenters. The topological polar surface area (TPSA) is 150 Å². The fraction of sp³-hybridized carbons (Fsp3) is 0.207. The van der Waals surface area contributed by atoms with E-state index in [4.69, 9.17) is 29.8 Å².